The van der Waals surface area contributed by atoms with E-state index in [9.17, 15) is 10.1 Å². The highest BCUT2D eigenvalue weighted by molar-refractivity contribution is 5.74. The van der Waals surface area contributed by atoms with Crippen LogP contribution in [0.2, 0.25) is 0 Å². The van der Waals surface area contributed by atoms with Crippen LogP contribution in [-0.4, -0.2) is 14.9 Å². The van der Waals surface area contributed by atoms with Crippen LogP contribution in [0.15, 0.2) is 85.2 Å². The topological polar surface area (TPSA) is 84.2 Å². The Bertz CT molecular complexity index is 1180. The maximum atomic E-state index is 12.2. The summed E-state index contributed by atoms with van der Waals surface area (Å²) in [4.78, 5) is 22.3. The van der Waals surface area contributed by atoms with Gasteiger partial charge in [0.15, 0.2) is 0 Å². The SMILES string of the molecule is Cc1cc(C)cc(Nc2ncnc(N(Cc3ccccc3)Cc3ccccc3)c2[N+](=O)[O-])c1. The van der Waals surface area contributed by atoms with Crippen LogP contribution in [0.1, 0.15) is 22.3 Å². The third-order valence-corrected chi connectivity index (χ3v) is 5.20. The zero-order chi connectivity index (χ0) is 23.2. The summed E-state index contributed by atoms with van der Waals surface area (Å²) in [7, 11) is 0. The van der Waals surface area contributed by atoms with E-state index < -0.39 is 4.92 Å². The van der Waals surface area contributed by atoms with Crippen molar-refractivity contribution in [2.45, 2.75) is 26.9 Å². The lowest BCUT2D eigenvalue weighted by Gasteiger charge is -2.24. The number of nitrogens with one attached hydrogen (secondary N) is 1. The molecule has 0 aliphatic rings. The highest BCUT2D eigenvalue weighted by atomic mass is 16.6. The van der Waals surface area contributed by atoms with Gasteiger partial charge in [-0.1, -0.05) is 66.7 Å². The molecule has 1 aromatic heterocycles. The molecule has 1 N–H and O–H groups in total. The molecule has 0 radical (unpaired) electrons. The van der Waals surface area contributed by atoms with Crippen molar-refractivity contribution in [2.24, 2.45) is 0 Å². The minimum absolute atomic E-state index is 0.150. The van der Waals surface area contributed by atoms with E-state index in [1.54, 1.807) is 0 Å². The van der Waals surface area contributed by atoms with Gasteiger partial charge in [0.05, 0.1) is 4.92 Å². The number of nitro groups is 1. The number of hydrogen-bond acceptors (Lipinski definition) is 6. The molecule has 7 heteroatoms. The molecule has 0 saturated heterocycles. The van der Waals surface area contributed by atoms with Gasteiger partial charge in [-0.15, -0.1) is 0 Å². The lowest BCUT2D eigenvalue weighted by Crippen LogP contribution is -2.24. The van der Waals surface area contributed by atoms with Crippen molar-refractivity contribution < 1.29 is 4.92 Å². The second-order valence-electron chi connectivity index (χ2n) is 7.98. The van der Waals surface area contributed by atoms with Crippen LogP contribution in [-0.2, 0) is 13.1 Å². The molecule has 0 amide bonds. The fourth-order valence-electron chi connectivity index (χ4n) is 3.86. The van der Waals surface area contributed by atoms with Crippen LogP contribution in [0, 0.1) is 24.0 Å². The van der Waals surface area contributed by atoms with Crippen LogP contribution in [0.3, 0.4) is 0 Å². The molecule has 0 aliphatic carbocycles. The van der Waals surface area contributed by atoms with Crippen molar-refractivity contribution in [3.8, 4) is 0 Å². The van der Waals surface area contributed by atoms with E-state index in [-0.39, 0.29) is 17.3 Å². The molecular weight excluding hydrogens is 414 g/mol. The van der Waals surface area contributed by atoms with Crippen LogP contribution in [0.5, 0.6) is 0 Å². The van der Waals surface area contributed by atoms with Crippen molar-refractivity contribution in [3.63, 3.8) is 0 Å². The Morgan fingerprint density at radius 3 is 1.91 bits per heavy atom. The summed E-state index contributed by atoms with van der Waals surface area (Å²) in [6.45, 7) is 4.91. The summed E-state index contributed by atoms with van der Waals surface area (Å²) in [5.41, 5.74) is 4.78. The molecule has 0 spiro atoms. The Kier molecular flexibility index (Phi) is 6.59. The second-order valence-corrected chi connectivity index (χ2v) is 7.98. The zero-order valence-corrected chi connectivity index (χ0v) is 18.6. The summed E-state index contributed by atoms with van der Waals surface area (Å²) in [5.74, 6) is 0.440. The van der Waals surface area contributed by atoms with E-state index in [0.29, 0.717) is 13.1 Å². The summed E-state index contributed by atoms with van der Waals surface area (Å²) in [6, 6.07) is 25.6. The molecular formula is C26H25N5O2. The minimum atomic E-state index is -0.413. The molecule has 0 aliphatic heterocycles. The van der Waals surface area contributed by atoms with Gasteiger partial charge >= 0.3 is 5.69 Å². The number of benzene rings is 3. The molecule has 0 bridgehead atoms. The molecule has 3 aromatic carbocycles. The molecule has 4 rings (SSSR count). The quantitative estimate of drug-likeness (QED) is 0.270. The fourth-order valence-corrected chi connectivity index (χ4v) is 3.86. The first-order chi connectivity index (χ1) is 16.0. The molecule has 0 saturated carbocycles. The zero-order valence-electron chi connectivity index (χ0n) is 18.6. The van der Waals surface area contributed by atoms with Gasteiger partial charge in [0.25, 0.3) is 0 Å². The van der Waals surface area contributed by atoms with Gasteiger partial charge in [0.2, 0.25) is 11.6 Å². The minimum Gasteiger partial charge on any atom is -0.342 e. The standard InChI is InChI=1S/C26H25N5O2/c1-19-13-20(2)15-23(14-19)29-25-24(31(32)33)26(28-18-27-25)30(16-21-9-5-3-6-10-21)17-22-11-7-4-8-12-22/h3-15,18H,16-17H2,1-2H3,(H,27,28,29). The van der Waals surface area contributed by atoms with E-state index >= 15 is 0 Å². The monoisotopic (exact) mass is 439 g/mol. The van der Waals surface area contributed by atoms with Gasteiger partial charge in [0, 0.05) is 18.8 Å². The van der Waals surface area contributed by atoms with Crippen LogP contribution < -0.4 is 10.2 Å². The van der Waals surface area contributed by atoms with Crippen LogP contribution in [0.25, 0.3) is 0 Å². The number of hydrogen-bond donors (Lipinski definition) is 1. The molecule has 0 fully saturated rings. The largest absolute Gasteiger partial charge is 0.353 e. The average Bonchev–Trinajstić information content (AvgIpc) is 2.79. The van der Waals surface area contributed by atoms with E-state index in [1.807, 2.05) is 97.6 Å². The van der Waals surface area contributed by atoms with Crippen LogP contribution >= 0.6 is 0 Å². The lowest BCUT2D eigenvalue weighted by molar-refractivity contribution is -0.383. The van der Waals surface area contributed by atoms with Gasteiger partial charge in [-0.2, -0.15) is 0 Å². The normalized spacial score (nSPS) is 10.6. The van der Waals surface area contributed by atoms with E-state index in [2.05, 4.69) is 15.3 Å². The Hall–Kier alpha value is -4.26. The van der Waals surface area contributed by atoms with Crippen LogP contribution in [0.4, 0.5) is 23.0 Å². The van der Waals surface area contributed by atoms with Gasteiger partial charge in [-0.05, 0) is 48.2 Å². The Balaban J connectivity index is 1.76. The van der Waals surface area contributed by atoms with Crippen molar-refractivity contribution in [3.05, 3.63) is 118 Å². The smallest absolute Gasteiger partial charge is 0.342 e. The molecule has 0 unspecified atom stereocenters. The van der Waals surface area contributed by atoms with E-state index in [4.69, 9.17) is 0 Å². The Labute approximate surface area is 192 Å². The lowest BCUT2D eigenvalue weighted by atomic mass is 10.1. The average molecular weight is 440 g/mol. The number of anilines is 3. The summed E-state index contributed by atoms with van der Waals surface area (Å²) >= 11 is 0. The molecule has 0 atom stereocenters. The summed E-state index contributed by atoms with van der Waals surface area (Å²) in [6.07, 6.45) is 1.37. The summed E-state index contributed by atoms with van der Waals surface area (Å²) < 4.78 is 0. The molecule has 4 aromatic rings. The van der Waals surface area contributed by atoms with E-state index in [1.165, 1.54) is 6.33 Å². The van der Waals surface area contributed by atoms with Crippen molar-refractivity contribution in [1.82, 2.24) is 9.97 Å². The molecule has 166 valence electrons. The van der Waals surface area contributed by atoms with Gasteiger partial charge < -0.3 is 10.2 Å². The number of nitrogens with zero attached hydrogens (tertiary/aromatic N) is 4. The highest BCUT2D eigenvalue weighted by Gasteiger charge is 2.27. The Morgan fingerprint density at radius 1 is 0.848 bits per heavy atom. The predicted molar refractivity (Wildman–Crippen MR) is 131 cm³/mol. The van der Waals surface area contributed by atoms with Gasteiger partial charge in [-0.25, -0.2) is 9.97 Å². The van der Waals surface area contributed by atoms with E-state index in [0.717, 1.165) is 27.9 Å². The first-order valence-corrected chi connectivity index (χ1v) is 10.7. The van der Waals surface area contributed by atoms with Gasteiger partial charge in [-0.3, -0.25) is 10.1 Å². The maximum absolute atomic E-state index is 12.2. The maximum Gasteiger partial charge on any atom is 0.353 e. The van der Waals surface area contributed by atoms with Gasteiger partial charge in [0.1, 0.15) is 6.33 Å². The number of aryl methyl sites for hydroxylation is 2. The number of rotatable bonds is 8. The molecule has 7 nitrogen and oxygen atoms in total. The highest BCUT2D eigenvalue weighted by Crippen LogP contribution is 2.35. The number of aromatic nitrogens is 2. The first-order valence-electron chi connectivity index (χ1n) is 10.7. The second kappa shape index (κ2) is 9.91. The predicted octanol–water partition coefficient (Wildman–Crippen LogP) is 5.95. The van der Waals surface area contributed by atoms with Crippen molar-refractivity contribution >= 4 is 23.0 Å². The Morgan fingerprint density at radius 2 is 1.39 bits per heavy atom. The van der Waals surface area contributed by atoms with Crippen molar-refractivity contribution in [1.29, 1.82) is 0 Å². The third kappa shape index (κ3) is 5.51. The van der Waals surface area contributed by atoms with Crippen molar-refractivity contribution in [2.75, 3.05) is 10.2 Å². The first kappa shape index (κ1) is 22.0. The molecule has 1 heterocycles. The fraction of sp³-hybridized carbons (Fsp3) is 0.154. The molecule has 33 heavy (non-hydrogen) atoms. The summed E-state index contributed by atoms with van der Waals surface area (Å²) in [5, 5.41) is 15.4. The third-order valence-electron chi connectivity index (χ3n) is 5.20.